The third-order valence-corrected chi connectivity index (χ3v) is 6.98. The van der Waals surface area contributed by atoms with E-state index >= 15 is 0 Å². The molecule has 0 radical (unpaired) electrons. The van der Waals surface area contributed by atoms with Crippen molar-refractivity contribution < 1.29 is 0 Å². The number of benzene rings is 1. The van der Waals surface area contributed by atoms with Gasteiger partial charge in [0.05, 0.1) is 18.4 Å². The average Bonchev–Trinajstić information content (AvgIpc) is 3.47. The summed E-state index contributed by atoms with van der Waals surface area (Å²) in [5.41, 5.74) is 2.18. The molecule has 1 aliphatic rings. The molecular weight excluding hydrogens is 404 g/mol. The number of guanidine groups is 1. The molecule has 2 N–H and O–H groups in total. The minimum absolute atomic E-state index is 0.475. The number of hydrogen-bond donors (Lipinski definition) is 2. The van der Waals surface area contributed by atoms with Crippen molar-refractivity contribution in [2.75, 3.05) is 34.2 Å². The molecule has 4 rings (SSSR count). The number of nitrogens with zero attached hydrogens (tertiary/aromatic N) is 4. The Balaban J connectivity index is 1.37. The highest BCUT2D eigenvalue weighted by Gasteiger charge is 2.31. The maximum Gasteiger partial charge on any atom is 0.193 e. The number of hydrogen-bond acceptors (Lipinski definition) is 4. The van der Waals surface area contributed by atoms with Gasteiger partial charge in [-0.05, 0) is 49.4 Å². The van der Waals surface area contributed by atoms with Crippen molar-refractivity contribution in [2.24, 2.45) is 10.9 Å². The van der Waals surface area contributed by atoms with Gasteiger partial charge in [0.15, 0.2) is 5.96 Å². The molecule has 1 aromatic carbocycles. The van der Waals surface area contributed by atoms with Crippen LogP contribution in [0.4, 0.5) is 0 Å². The molecule has 6 nitrogen and oxygen atoms in total. The topological polar surface area (TPSA) is 59.6 Å². The van der Waals surface area contributed by atoms with Crippen LogP contribution in [0.25, 0.3) is 11.3 Å². The zero-order valence-corrected chi connectivity index (χ0v) is 19.4. The van der Waals surface area contributed by atoms with Gasteiger partial charge in [0, 0.05) is 31.6 Å². The Morgan fingerprint density at radius 3 is 2.87 bits per heavy atom. The molecule has 2 atom stereocenters. The highest BCUT2D eigenvalue weighted by atomic mass is 32.1. The Morgan fingerprint density at radius 1 is 1.29 bits per heavy atom. The lowest BCUT2D eigenvalue weighted by molar-refractivity contribution is 0.124. The lowest BCUT2D eigenvalue weighted by Crippen LogP contribution is -2.45. The summed E-state index contributed by atoms with van der Waals surface area (Å²) in [7, 11) is 6.16. The summed E-state index contributed by atoms with van der Waals surface area (Å²) in [6.45, 7) is 2.75. The second-order valence-corrected chi connectivity index (χ2v) is 9.22. The van der Waals surface area contributed by atoms with Crippen molar-refractivity contribution in [2.45, 2.75) is 25.4 Å². The zero-order chi connectivity index (χ0) is 21.6. The van der Waals surface area contributed by atoms with Crippen LogP contribution in [0.2, 0.25) is 0 Å². The van der Waals surface area contributed by atoms with Crippen LogP contribution >= 0.6 is 11.3 Å². The van der Waals surface area contributed by atoms with Crippen molar-refractivity contribution in [3.05, 3.63) is 64.7 Å². The van der Waals surface area contributed by atoms with Crippen LogP contribution in [0.5, 0.6) is 0 Å². The fraction of sp³-hybridized carbons (Fsp3) is 0.417. The first-order valence-corrected chi connectivity index (χ1v) is 11.8. The maximum absolute atomic E-state index is 4.57. The van der Waals surface area contributed by atoms with E-state index in [9.17, 15) is 0 Å². The van der Waals surface area contributed by atoms with Crippen molar-refractivity contribution >= 4 is 17.3 Å². The Hall–Kier alpha value is -2.64. The molecule has 3 aromatic rings. The molecule has 2 unspecified atom stereocenters. The number of nitrogens with one attached hydrogen (secondary N) is 2. The molecule has 1 saturated heterocycles. The summed E-state index contributed by atoms with van der Waals surface area (Å²) >= 11 is 1.86. The molecule has 2 aromatic heterocycles. The molecule has 0 aliphatic carbocycles. The summed E-state index contributed by atoms with van der Waals surface area (Å²) in [5, 5.41) is 5.80. The predicted molar refractivity (Wildman–Crippen MR) is 129 cm³/mol. The average molecular weight is 437 g/mol. The second-order valence-electron chi connectivity index (χ2n) is 8.24. The van der Waals surface area contributed by atoms with E-state index in [-0.39, 0.29) is 0 Å². The number of H-pyrrole nitrogens is 1. The zero-order valence-electron chi connectivity index (χ0n) is 18.6. The summed E-state index contributed by atoms with van der Waals surface area (Å²) in [4.78, 5) is 18.6. The van der Waals surface area contributed by atoms with Crippen LogP contribution in [0.1, 0.15) is 29.6 Å². The van der Waals surface area contributed by atoms with Crippen LogP contribution in [0.15, 0.2) is 59.0 Å². The molecule has 0 amide bonds. The molecule has 31 heavy (non-hydrogen) atoms. The summed E-state index contributed by atoms with van der Waals surface area (Å²) in [5.74, 6) is 2.39. The SMILES string of the molecule is CN=C(NCC1CCCN(C)C1c1cccs1)N(C)Cc1ncc(-c2ccccc2)[nH]1. The van der Waals surface area contributed by atoms with E-state index in [4.69, 9.17) is 0 Å². The highest BCUT2D eigenvalue weighted by Crippen LogP contribution is 2.36. The number of thiophene rings is 1. The van der Waals surface area contributed by atoms with Crippen LogP contribution in [0, 0.1) is 5.92 Å². The fourth-order valence-corrected chi connectivity index (χ4v) is 5.48. The largest absolute Gasteiger partial charge is 0.356 e. The summed E-state index contributed by atoms with van der Waals surface area (Å²) in [6, 6.07) is 15.2. The molecule has 0 spiro atoms. The van der Waals surface area contributed by atoms with Gasteiger partial charge in [-0.15, -0.1) is 11.3 Å². The van der Waals surface area contributed by atoms with Gasteiger partial charge in [-0.25, -0.2) is 4.98 Å². The number of rotatable bonds is 6. The Labute approximate surface area is 189 Å². The third-order valence-electron chi connectivity index (χ3n) is 6.04. The van der Waals surface area contributed by atoms with E-state index in [2.05, 4.69) is 73.8 Å². The monoisotopic (exact) mass is 436 g/mol. The van der Waals surface area contributed by atoms with Gasteiger partial charge < -0.3 is 15.2 Å². The third kappa shape index (κ3) is 5.17. The van der Waals surface area contributed by atoms with E-state index in [1.54, 1.807) is 0 Å². The normalized spacial score (nSPS) is 20.0. The minimum atomic E-state index is 0.475. The van der Waals surface area contributed by atoms with Crippen molar-refractivity contribution in [1.29, 1.82) is 0 Å². The number of aliphatic imine (C=N–C) groups is 1. The molecular formula is C24H32N6S. The predicted octanol–water partition coefficient (Wildman–Crippen LogP) is 4.23. The van der Waals surface area contributed by atoms with E-state index in [0.29, 0.717) is 18.5 Å². The van der Waals surface area contributed by atoms with E-state index in [0.717, 1.165) is 36.1 Å². The number of aromatic amines is 1. The molecule has 7 heteroatoms. The van der Waals surface area contributed by atoms with Gasteiger partial charge in [-0.2, -0.15) is 0 Å². The van der Waals surface area contributed by atoms with Crippen molar-refractivity contribution in [1.82, 2.24) is 25.1 Å². The summed E-state index contributed by atoms with van der Waals surface area (Å²) in [6.07, 6.45) is 4.38. The van der Waals surface area contributed by atoms with Crippen LogP contribution in [-0.4, -0.2) is 60.0 Å². The lowest BCUT2D eigenvalue weighted by atomic mass is 9.88. The Bertz CT molecular complexity index is 965. The minimum Gasteiger partial charge on any atom is -0.356 e. The quantitative estimate of drug-likeness (QED) is 0.448. The molecule has 1 fully saturated rings. The molecule has 0 bridgehead atoms. The molecule has 3 heterocycles. The molecule has 0 saturated carbocycles. The Kier molecular flexibility index (Phi) is 7.04. The second kappa shape index (κ2) is 10.1. The van der Waals surface area contributed by atoms with Gasteiger partial charge in [-0.3, -0.25) is 9.89 Å². The smallest absolute Gasteiger partial charge is 0.193 e. The first-order chi connectivity index (χ1) is 15.2. The van der Waals surface area contributed by atoms with Gasteiger partial charge >= 0.3 is 0 Å². The number of piperidine rings is 1. The lowest BCUT2D eigenvalue weighted by Gasteiger charge is -2.39. The number of aromatic nitrogens is 2. The van der Waals surface area contributed by atoms with E-state index in [1.807, 2.05) is 42.8 Å². The van der Waals surface area contributed by atoms with Gasteiger partial charge in [0.2, 0.25) is 0 Å². The van der Waals surface area contributed by atoms with Gasteiger partial charge in [-0.1, -0.05) is 36.4 Å². The molecule has 164 valence electrons. The Morgan fingerprint density at radius 2 is 2.13 bits per heavy atom. The first kappa shape index (κ1) is 21.6. The molecule has 1 aliphatic heterocycles. The van der Waals surface area contributed by atoms with Crippen molar-refractivity contribution in [3.8, 4) is 11.3 Å². The summed E-state index contributed by atoms with van der Waals surface area (Å²) < 4.78 is 0. The highest BCUT2D eigenvalue weighted by molar-refractivity contribution is 7.10. The van der Waals surface area contributed by atoms with Gasteiger partial charge in [0.1, 0.15) is 5.82 Å². The van der Waals surface area contributed by atoms with E-state index < -0.39 is 0 Å². The number of imidazole rings is 1. The van der Waals surface area contributed by atoms with Crippen LogP contribution in [0.3, 0.4) is 0 Å². The van der Waals surface area contributed by atoms with Crippen LogP contribution < -0.4 is 5.32 Å². The fourth-order valence-electron chi connectivity index (χ4n) is 4.50. The first-order valence-electron chi connectivity index (χ1n) is 10.9. The maximum atomic E-state index is 4.57. The van der Waals surface area contributed by atoms with Crippen LogP contribution in [-0.2, 0) is 6.54 Å². The van der Waals surface area contributed by atoms with Crippen molar-refractivity contribution in [3.63, 3.8) is 0 Å². The number of likely N-dealkylation sites (tertiary alicyclic amines) is 1. The standard InChI is InChI=1S/C24H32N6S/c1-25-24(27-15-19-11-7-13-29(2)23(19)21-12-8-14-31-21)30(3)17-22-26-16-20(28-22)18-9-5-4-6-10-18/h4-6,8-10,12,14,16,19,23H,7,11,13,15,17H2,1-3H3,(H,25,27)(H,26,28). The van der Waals surface area contributed by atoms with Gasteiger partial charge in [0.25, 0.3) is 0 Å². The van der Waals surface area contributed by atoms with E-state index in [1.165, 1.54) is 17.7 Å².